The van der Waals surface area contributed by atoms with E-state index in [-0.39, 0.29) is 29.7 Å². The molecule has 1 aliphatic rings. The molecule has 0 radical (unpaired) electrons. The lowest BCUT2D eigenvalue weighted by molar-refractivity contribution is -0.132. The maximum absolute atomic E-state index is 13.7. The predicted molar refractivity (Wildman–Crippen MR) is 101 cm³/mol. The zero-order chi connectivity index (χ0) is 20.2. The second kappa shape index (κ2) is 8.30. The Morgan fingerprint density at radius 2 is 1.76 bits per heavy atom. The highest BCUT2D eigenvalue weighted by Gasteiger charge is 2.27. The largest absolute Gasteiger partial charge is 0.461 e. The second-order valence-corrected chi connectivity index (χ2v) is 6.82. The summed E-state index contributed by atoms with van der Waals surface area (Å²) in [6.07, 6.45) is 2.12. The fourth-order valence-corrected chi connectivity index (χ4v) is 3.33. The molecule has 4 rings (SSSR count). The van der Waals surface area contributed by atoms with Crippen molar-refractivity contribution in [2.45, 2.75) is 12.8 Å². The highest BCUT2D eigenvalue weighted by atomic mass is 19.1. The summed E-state index contributed by atoms with van der Waals surface area (Å²) in [7, 11) is 0. The van der Waals surface area contributed by atoms with E-state index >= 15 is 0 Å². The molecule has 0 saturated carbocycles. The Hall–Kier alpha value is -3.42. The molecule has 8 heteroatoms. The quantitative estimate of drug-likeness (QED) is 0.661. The summed E-state index contributed by atoms with van der Waals surface area (Å²) in [4.78, 5) is 28.4. The van der Waals surface area contributed by atoms with Crippen LogP contribution in [0.15, 0.2) is 57.7 Å². The Balaban J connectivity index is 1.29. The van der Waals surface area contributed by atoms with Crippen LogP contribution in [0.3, 0.4) is 0 Å². The molecule has 1 aromatic carbocycles. The Morgan fingerprint density at radius 1 is 1.00 bits per heavy atom. The molecule has 3 aromatic rings. The van der Waals surface area contributed by atoms with Crippen LogP contribution in [0.4, 0.5) is 4.39 Å². The summed E-state index contributed by atoms with van der Waals surface area (Å²) < 4.78 is 24.1. The molecular formula is C21H20FN3O4. The number of aromatic nitrogens is 1. The normalized spacial score (nSPS) is 14.2. The van der Waals surface area contributed by atoms with Crippen LogP contribution in [-0.2, 0) is 11.2 Å². The third kappa shape index (κ3) is 4.21. The van der Waals surface area contributed by atoms with Crippen LogP contribution in [-0.4, -0.2) is 52.9 Å². The van der Waals surface area contributed by atoms with Crippen LogP contribution in [0.1, 0.15) is 22.5 Å². The standard InChI is InChI=1S/C21H20FN3O4/c22-16-5-2-1-4-15(16)7-8-20(26)24-9-11-25(12-10-24)21(27)17-14-19(29-23-17)18-6-3-13-28-18/h1-6,13-14H,7-12H2. The first-order valence-corrected chi connectivity index (χ1v) is 9.43. The molecule has 2 aromatic heterocycles. The van der Waals surface area contributed by atoms with E-state index < -0.39 is 0 Å². The van der Waals surface area contributed by atoms with Gasteiger partial charge in [-0.25, -0.2) is 4.39 Å². The molecule has 1 saturated heterocycles. The van der Waals surface area contributed by atoms with Crippen molar-refractivity contribution in [2.75, 3.05) is 26.2 Å². The van der Waals surface area contributed by atoms with Crippen molar-refractivity contribution in [3.05, 3.63) is 65.8 Å². The van der Waals surface area contributed by atoms with E-state index in [2.05, 4.69) is 5.16 Å². The molecule has 0 spiro atoms. The van der Waals surface area contributed by atoms with Crippen LogP contribution in [0.25, 0.3) is 11.5 Å². The average Bonchev–Trinajstić information content (AvgIpc) is 3.44. The van der Waals surface area contributed by atoms with Gasteiger partial charge in [-0.15, -0.1) is 0 Å². The highest BCUT2D eigenvalue weighted by Crippen LogP contribution is 2.21. The first-order valence-electron chi connectivity index (χ1n) is 9.43. The fourth-order valence-electron chi connectivity index (χ4n) is 3.33. The number of carbonyl (C=O) groups is 2. The van der Waals surface area contributed by atoms with Gasteiger partial charge in [0.25, 0.3) is 5.91 Å². The van der Waals surface area contributed by atoms with E-state index in [1.807, 2.05) is 0 Å². The molecule has 0 unspecified atom stereocenters. The van der Waals surface area contributed by atoms with Crippen LogP contribution >= 0.6 is 0 Å². The fraction of sp³-hybridized carbons (Fsp3) is 0.286. The van der Waals surface area contributed by atoms with Crippen LogP contribution in [0.2, 0.25) is 0 Å². The Kier molecular flexibility index (Phi) is 5.41. The summed E-state index contributed by atoms with van der Waals surface area (Å²) in [6, 6.07) is 11.5. The van der Waals surface area contributed by atoms with E-state index in [1.165, 1.54) is 12.3 Å². The predicted octanol–water partition coefficient (Wildman–Crippen LogP) is 2.99. The van der Waals surface area contributed by atoms with Gasteiger partial charge in [-0.3, -0.25) is 9.59 Å². The number of aryl methyl sites for hydroxylation is 1. The molecule has 1 aliphatic heterocycles. The molecule has 7 nitrogen and oxygen atoms in total. The SMILES string of the molecule is O=C(CCc1ccccc1F)N1CCN(C(=O)c2cc(-c3ccco3)on2)CC1. The monoisotopic (exact) mass is 397 g/mol. The van der Waals surface area contributed by atoms with Crippen LogP contribution < -0.4 is 0 Å². The molecule has 1 fully saturated rings. The van der Waals surface area contributed by atoms with E-state index in [0.29, 0.717) is 49.7 Å². The maximum Gasteiger partial charge on any atom is 0.276 e. The Morgan fingerprint density at radius 3 is 2.48 bits per heavy atom. The molecule has 0 N–H and O–H groups in total. The Bertz CT molecular complexity index is 991. The Labute approximate surface area is 166 Å². The molecule has 0 aliphatic carbocycles. The second-order valence-electron chi connectivity index (χ2n) is 6.82. The van der Waals surface area contributed by atoms with Crippen molar-refractivity contribution in [3.8, 4) is 11.5 Å². The molecule has 2 amide bonds. The molecule has 0 atom stereocenters. The van der Waals surface area contributed by atoms with Crippen molar-refractivity contribution in [1.29, 1.82) is 0 Å². The molecule has 150 valence electrons. The maximum atomic E-state index is 13.7. The van der Waals surface area contributed by atoms with Gasteiger partial charge in [0.1, 0.15) is 5.82 Å². The third-order valence-corrected chi connectivity index (χ3v) is 4.98. The van der Waals surface area contributed by atoms with Gasteiger partial charge in [0.2, 0.25) is 11.7 Å². The average molecular weight is 397 g/mol. The number of hydrogen-bond donors (Lipinski definition) is 0. The van der Waals surface area contributed by atoms with Gasteiger partial charge in [0, 0.05) is 38.7 Å². The lowest BCUT2D eigenvalue weighted by Gasteiger charge is -2.34. The number of carbonyl (C=O) groups excluding carboxylic acids is 2. The summed E-state index contributed by atoms with van der Waals surface area (Å²) in [5.41, 5.74) is 0.740. The van der Waals surface area contributed by atoms with Crippen LogP contribution in [0, 0.1) is 5.82 Å². The van der Waals surface area contributed by atoms with Gasteiger partial charge >= 0.3 is 0 Å². The number of benzene rings is 1. The van der Waals surface area contributed by atoms with E-state index in [0.717, 1.165) is 0 Å². The number of halogens is 1. The van der Waals surface area contributed by atoms with Gasteiger partial charge in [0.15, 0.2) is 11.5 Å². The van der Waals surface area contributed by atoms with Crippen molar-refractivity contribution in [1.82, 2.24) is 15.0 Å². The smallest absolute Gasteiger partial charge is 0.276 e. The molecular weight excluding hydrogens is 377 g/mol. The van der Waals surface area contributed by atoms with Crippen LogP contribution in [0.5, 0.6) is 0 Å². The lowest BCUT2D eigenvalue weighted by Crippen LogP contribution is -2.50. The van der Waals surface area contributed by atoms with E-state index in [1.54, 1.807) is 46.2 Å². The number of rotatable bonds is 5. The summed E-state index contributed by atoms with van der Waals surface area (Å²) >= 11 is 0. The lowest BCUT2D eigenvalue weighted by atomic mass is 10.1. The highest BCUT2D eigenvalue weighted by molar-refractivity contribution is 5.93. The minimum atomic E-state index is -0.294. The first kappa shape index (κ1) is 18.9. The van der Waals surface area contributed by atoms with Gasteiger partial charge in [-0.05, 0) is 30.2 Å². The number of piperazine rings is 1. The summed E-state index contributed by atoms with van der Waals surface area (Å²) in [5, 5.41) is 3.83. The van der Waals surface area contributed by atoms with Crippen molar-refractivity contribution in [2.24, 2.45) is 0 Å². The van der Waals surface area contributed by atoms with Gasteiger partial charge in [-0.1, -0.05) is 23.4 Å². The summed E-state index contributed by atoms with van der Waals surface area (Å²) in [5.74, 6) is 0.311. The van der Waals surface area contributed by atoms with Gasteiger partial charge in [-0.2, -0.15) is 0 Å². The van der Waals surface area contributed by atoms with Crippen molar-refractivity contribution < 1.29 is 22.9 Å². The number of furan rings is 1. The minimum absolute atomic E-state index is 0.0399. The number of nitrogens with zero attached hydrogens (tertiary/aromatic N) is 3. The minimum Gasteiger partial charge on any atom is -0.461 e. The van der Waals surface area contributed by atoms with E-state index in [4.69, 9.17) is 8.94 Å². The zero-order valence-corrected chi connectivity index (χ0v) is 15.7. The first-order chi connectivity index (χ1) is 14.1. The third-order valence-electron chi connectivity index (χ3n) is 4.98. The van der Waals surface area contributed by atoms with Crippen molar-refractivity contribution in [3.63, 3.8) is 0 Å². The zero-order valence-electron chi connectivity index (χ0n) is 15.7. The van der Waals surface area contributed by atoms with E-state index in [9.17, 15) is 14.0 Å². The van der Waals surface area contributed by atoms with Gasteiger partial charge < -0.3 is 18.7 Å². The van der Waals surface area contributed by atoms with Gasteiger partial charge in [0.05, 0.1) is 6.26 Å². The number of hydrogen-bond acceptors (Lipinski definition) is 5. The number of amides is 2. The van der Waals surface area contributed by atoms with Crippen molar-refractivity contribution >= 4 is 11.8 Å². The molecule has 0 bridgehead atoms. The molecule has 29 heavy (non-hydrogen) atoms. The topological polar surface area (TPSA) is 79.8 Å². The molecule has 3 heterocycles. The summed E-state index contributed by atoms with van der Waals surface area (Å²) in [6.45, 7) is 1.69.